The first-order valence-corrected chi connectivity index (χ1v) is 8.50. The maximum atomic E-state index is 5.32. The first-order chi connectivity index (χ1) is 12.1. The topological polar surface area (TPSA) is 81.2 Å². The van der Waals surface area contributed by atoms with Gasteiger partial charge in [0.25, 0.3) is 0 Å². The number of nitrogens with zero attached hydrogens (tertiary/aromatic N) is 3. The Kier molecular flexibility index (Phi) is 7.25. The Balaban J connectivity index is 1.85. The fraction of sp³-hybridized carbons (Fsp3) is 0.500. The summed E-state index contributed by atoms with van der Waals surface area (Å²) in [4.78, 5) is 4.42. The molecule has 136 valence electrons. The predicted molar refractivity (Wildman–Crippen MR) is 99.5 cm³/mol. The SMILES string of the molecule is COc1ccc(CCNc2nncc(NCCC(C)C)n2)cc1OC. The van der Waals surface area contributed by atoms with Crippen molar-refractivity contribution >= 4 is 11.8 Å². The maximum absolute atomic E-state index is 5.32. The van der Waals surface area contributed by atoms with Crippen molar-refractivity contribution in [2.75, 3.05) is 37.9 Å². The smallest absolute Gasteiger partial charge is 0.244 e. The molecule has 2 aromatic rings. The van der Waals surface area contributed by atoms with E-state index in [-0.39, 0.29) is 0 Å². The zero-order valence-corrected chi connectivity index (χ0v) is 15.4. The van der Waals surface area contributed by atoms with Crippen LogP contribution in [0.1, 0.15) is 25.8 Å². The second-order valence-electron chi connectivity index (χ2n) is 6.14. The number of anilines is 2. The molecule has 25 heavy (non-hydrogen) atoms. The molecule has 0 amide bonds. The average molecular weight is 345 g/mol. The van der Waals surface area contributed by atoms with Gasteiger partial charge in [-0.25, -0.2) is 0 Å². The van der Waals surface area contributed by atoms with E-state index in [1.54, 1.807) is 20.4 Å². The fourth-order valence-electron chi connectivity index (χ4n) is 2.31. The van der Waals surface area contributed by atoms with Crippen molar-refractivity contribution in [2.24, 2.45) is 5.92 Å². The van der Waals surface area contributed by atoms with Crippen LogP contribution in [0, 0.1) is 5.92 Å². The summed E-state index contributed by atoms with van der Waals surface area (Å²) in [5.74, 6) is 3.38. The van der Waals surface area contributed by atoms with Crippen LogP contribution >= 0.6 is 0 Å². The summed E-state index contributed by atoms with van der Waals surface area (Å²) in [6, 6.07) is 5.90. The highest BCUT2D eigenvalue weighted by atomic mass is 16.5. The van der Waals surface area contributed by atoms with E-state index in [9.17, 15) is 0 Å². The van der Waals surface area contributed by atoms with Crippen LogP contribution in [-0.2, 0) is 6.42 Å². The number of benzene rings is 1. The van der Waals surface area contributed by atoms with Gasteiger partial charge in [-0.1, -0.05) is 19.9 Å². The van der Waals surface area contributed by atoms with Crippen molar-refractivity contribution in [1.82, 2.24) is 15.2 Å². The Labute approximate surface area is 149 Å². The van der Waals surface area contributed by atoms with Gasteiger partial charge in [-0.05, 0) is 36.5 Å². The molecule has 2 rings (SSSR count). The van der Waals surface area contributed by atoms with E-state index in [4.69, 9.17) is 9.47 Å². The van der Waals surface area contributed by atoms with Gasteiger partial charge in [-0.15, -0.1) is 5.10 Å². The Morgan fingerprint density at radius 2 is 1.84 bits per heavy atom. The molecule has 0 aliphatic heterocycles. The Morgan fingerprint density at radius 3 is 2.56 bits per heavy atom. The highest BCUT2D eigenvalue weighted by molar-refractivity contribution is 5.43. The molecule has 1 aromatic heterocycles. The number of methoxy groups -OCH3 is 2. The fourth-order valence-corrected chi connectivity index (χ4v) is 2.31. The molecule has 0 aliphatic rings. The summed E-state index contributed by atoms with van der Waals surface area (Å²) in [5.41, 5.74) is 1.14. The summed E-state index contributed by atoms with van der Waals surface area (Å²) in [6.45, 7) is 5.97. The second kappa shape index (κ2) is 9.66. The summed E-state index contributed by atoms with van der Waals surface area (Å²) in [7, 11) is 3.27. The van der Waals surface area contributed by atoms with E-state index in [0.29, 0.717) is 18.4 Å². The Bertz CT molecular complexity index is 664. The van der Waals surface area contributed by atoms with Crippen LogP contribution in [0.25, 0.3) is 0 Å². The van der Waals surface area contributed by atoms with E-state index in [1.807, 2.05) is 18.2 Å². The Morgan fingerprint density at radius 1 is 1.04 bits per heavy atom. The molecule has 0 saturated heterocycles. The van der Waals surface area contributed by atoms with Crippen LogP contribution in [0.3, 0.4) is 0 Å². The number of ether oxygens (including phenoxy) is 2. The third kappa shape index (κ3) is 6.10. The lowest BCUT2D eigenvalue weighted by molar-refractivity contribution is 0.354. The van der Waals surface area contributed by atoms with Crippen LogP contribution in [-0.4, -0.2) is 42.5 Å². The first-order valence-electron chi connectivity index (χ1n) is 8.50. The lowest BCUT2D eigenvalue weighted by Gasteiger charge is -2.10. The van der Waals surface area contributed by atoms with E-state index in [2.05, 4.69) is 39.7 Å². The largest absolute Gasteiger partial charge is 0.493 e. The van der Waals surface area contributed by atoms with E-state index in [0.717, 1.165) is 42.3 Å². The van der Waals surface area contributed by atoms with Crippen molar-refractivity contribution in [3.05, 3.63) is 30.0 Å². The third-order valence-corrected chi connectivity index (χ3v) is 3.73. The van der Waals surface area contributed by atoms with Crippen LogP contribution in [0.15, 0.2) is 24.4 Å². The van der Waals surface area contributed by atoms with Crippen LogP contribution in [0.5, 0.6) is 11.5 Å². The van der Waals surface area contributed by atoms with Gasteiger partial charge in [0, 0.05) is 13.1 Å². The number of rotatable bonds is 10. The molecule has 0 atom stereocenters. The van der Waals surface area contributed by atoms with Crippen LogP contribution < -0.4 is 20.1 Å². The van der Waals surface area contributed by atoms with E-state index >= 15 is 0 Å². The van der Waals surface area contributed by atoms with E-state index in [1.165, 1.54) is 0 Å². The quantitative estimate of drug-likeness (QED) is 0.685. The second-order valence-corrected chi connectivity index (χ2v) is 6.14. The van der Waals surface area contributed by atoms with Gasteiger partial charge in [0.1, 0.15) is 5.82 Å². The highest BCUT2D eigenvalue weighted by Gasteiger charge is 2.05. The van der Waals surface area contributed by atoms with Crippen molar-refractivity contribution in [2.45, 2.75) is 26.7 Å². The lowest BCUT2D eigenvalue weighted by Crippen LogP contribution is -2.11. The van der Waals surface area contributed by atoms with Crippen molar-refractivity contribution < 1.29 is 9.47 Å². The average Bonchev–Trinajstić information content (AvgIpc) is 2.61. The van der Waals surface area contributed by atoms with Gasteiger partial charge in [0.2, 0.25) is 5.95 Å². The molecule has 1 aromatic carbocycles. The van der Waals surface area contributed by atoms with Gasteiger partial charge in [-0.3, -0.25) is 0 Å². The molecule has 1 heterocycles. The highest BCUT2D eigenvalue weighted by Crippen LogP contribution is 2.27. The number of hydrogen-bond acceptors (Lipinski definition) is 7. The predicted octanol–water partition coefficient (Wildman–Crippen LogP) is 3.00. The third-order valence-electron chi connectivity index (χ3n) is 3.73. The molecular weight excluding hydrogens is 318 g/mol. The van der Waals surface area contributed by atoms with Gasteiger partial charge in [0.15, 0.2) is 11.5 Å². The zero-order chi connectivity index (χ0) is 18.1. The molecule has 0 bridgehead atoms. The maximum Gasteiger partial charge on any atom is 0.244 e. The zero-order valence-electron chi connectivity index (χ0n) is 15.4. The minimum atomic E-state index is 0.523. The van der Waals surface area contributed by atoms with Gasteiger partial charge >= 0.3 is 0 Å². The molecule has 0 spiro atoms. The molecule has 0 aliphatic carbocycles. The summed E-state index contributed by atoms with van der Waals surface area (Å²) in [6.07, 6.45) is 3.54. The molecule has 0 fully saturated rings. The monoisotopic (exact) mass is 345 g/mol. The van der Waals surface area contributed by atoms with Crippen LogP contribution in [0.4, 0.5) is 11.8 Å². The summed E-state index contributed by atoms with van der Waals surface area (Å²) < 4.78 is 10.6. The van der Waals surface area contributed by atoms with Crippen LogP contribution in [0.2, 0.25) is 0 Å². The van der Waals surface area contributed by atoms with Crippen molar-refractivity contribution in [3.63, 3.8) is 0 Å². The lowest BCUT2D eigenvalue weighted by atomic mass is 10.1. The molecule has 7 nitrogen and oxygen atoms in total. The molecule has 7 heteroatoms. The molecule has 0 saturated carbocycles. The number of aromatic nitrogens is 3. The minimum absolute atomic E-state index is 0.523. The van der Waals surface area contributed by atoms with Crippen molar-refractivity contribution in [3.8, 4) is 11.5 Å². The standard InChI is InChI=1S/C18H27N5O2/c1-13(2)7-9-19-17-12-21-23-18(22-17)20-10-8-14-5-6-15(24-3)16(11-14)25-4/h5-6,11-13H,7-10H2,1-4H3,(H2,19,20,22,23). The molecule has 0 unspecified atom stereocenters. The molecule has 0 radical (unpaired) electrons. The van der Waals surface area contributed by atoms with Gasteiger partial charge in [-0.2, -0.15) is 10.1 Å². The number of hydrogen-bond donors (Lipinski definition) is 2. The number of nitrogens with one attached hydrogen (secondary N) is 2. The molecular formula is C18H27N5O2. The first kappa shape index (κ1) is 18.8. The van der Waals surface area contributed by atoms with Gasteiger partial charge in [0.05, 0.1) is 20.4 Å². The molecule has 2 N–H and O–H groups in total. The van der Waals surface area contributed by atoms with E-state index < -0.39 is 0 Å². The van der Waals surface area contributed by atoms with Gasteiger partial charge < -0.3 is 20.1 Å². The summed E-state index contributed by atoms with van der Waals surface area (Å²) >= 11 is 0. The summed E-state index contributed by atoms with van der Waals surface area (Å²) in [5, 5.41) is 14.5. The normalized spacial score (nSPS) is 10.6. The Hall–Kier alpha value is -2.57. The minimum Gasteiger partial charge on any atom is -0.493 e. The van der Waals surface area contributed by atoms with Crippen molar-refractivity contribution in [1.29, 1.82) is 0 Å².